The fourth-order valence-electron chi connectivity index (χ4n) is 2.41. The predicted molar refractivity (Wildman–Crippen MR) is 66.2 cm³/mol. The van der Waals surface area contributed by atoms with E-state index in [-0.39, 0.29) is 5.54 Å². The van der Waals surface area contributed by atoms with Crippen molar-refractivity contribution in [2.75, 3.05) is 26.7 Å². The molecular formula is C13H21N3. The molecule has 2 rings (SSSR count). The van der Waals surface area contributed by atoms with E-state index < -0.39 is 0 Å². The minimum atomic E-state index is 0.241. The quantitative estimate of drug-likeness (QED) is 0.753. The van der Waals surface area contributed by atoms with Gasteiger partial charge >= 0.3 is 0 Å². The molecule has 1 aliphatic rings. The standard InChI is InChI=1S/C13H21N3/c1-13(2)11-15(3)8-9-16(13)10-12-6-4-5-7-14-12/h4-7H,8-11H2,1-3H3. The lowest BCUT2D eigenvalue weighted by atomic mass is 9.99. The second-order valence-electron chi connectivity index (χ2n) is 5.29. The van der Waals surface area contributed by atoms with Crippen molar-refractivity contribution < 1.29 is 0 Å². The topological polar surface area (TPSA) is 19.4 Å². The molecule has 0 radical (unpaired) electrons. The molecule has 0 bridgehead atoms. The highest BCUT2D eigenvalue weighted by atomic mass is 15.3. The van der Waals surface area contributed by atoms with Crippen LogP contribution >= 0.6 is 0 Å². The number of aromatic nitrogens is 1. The molecule has 0 amide bonds. The molecule has 88 valence electrons. The van der Waals surface area contributed by atoms with Gasteiger partial charge < -0.3 is 4.90 Å². The van der Waals surface area contributed by atoms with Crippen molar-refractivity contribution >= 4 is 0 Å². The van der Waals surface area contributed by atoms with Gasteiger partial charge in [-0.1, -0.05) is 6.07 Å². The summed E-state index contributed by atoms with van der Waals surface area (Å²) < 4.78 is 0. The maximum Gasteiger partial charge on any atom is 0.0544 e. The molecule has 0 aromatic carbocycles. The summed E-state index contributed by atoms with van der Waals surface area (Å²) in [5.41, 5.74) is 1.41. The first kappa shape index (κ1) is 11.6. The van der Waals surface area contributed by atoms with Crippen LogP contribution in [0.5, 0.6) is 0 Å². The summed E-state index contributed by atoms with van der Waals surface area (Å²) in [4.78, 5) is 9.32. The van der Waals surface area contributed by atoms with Gasteiger partial charge in [-0.3, -0.25) is 9.88 Å². The maximum absolute atomic E-state index is 4.40. The Kier molecular flexibility index (Phi) is 3.26. The first-order valence-electron chi connectivity index (χ1n) is 5.91. The summed E-state index contributed by atoms with van der Waals surface area (Å²) in [6.45, 7) is 8.98. The number of likely N-dealkylation sites (N-methyl/N-ethyl adjacent to an activating group) is 1. The fraction of sp³-hybridized carbons (Fsp3) is 0.615. The van der Waals surface area contributed by atoms with Crippen molar-refractivity contribution in [2.45, 2.75) is 25.9 Å². The second-order valence-corrected chi connectivity index (χ2v) is 5.29. The smallest absolute Gasteiger partial charge is 0.0544 e. The van der Waals surface area contributed by atoms with Crippen molar-refractivity contribution in [1.29, 1.82) is 0 Å². The van der Waals surface area contributed by atoms with Crippen molar-refractivity contribution in [1.82, 2.24) is 14.8 Å². The summed E-state index contributed by atoms with van der Waals surface area (Å²) in [6, 6.07) is 6.14. The van der Waals surface area contributed by atoms with E-state index in [0.717, 1.165) is 26.2 Å². The monoisotopic (exact) mass is 219 g/mol. The average Bonchev–Trinajstić information content (AvgIpc) is 2.23. The van der Waals surface area contributed by atoms with Crippen LogP contribution in [0, 0.1) is 0 Å². The molecule has 1 saturated heterocycles. The van der Waals surface area contributed by atoms with Gasteiger partial charge in [0.15, 0.2) is 0 Å². The molecule has 0 atom stereocenters. The van der Waals surface area contributed by atoms with E-state index in [0.29, 0.717) is 0 Å². The van der Waals surface area contributed by atoms with Crippen LogP contribution in [-0.2, 0) is 6.54 Å². The normalized spacial score (nSPS) is 22.2. The predicted octanol–water partition coefficient (Wildman–Crippen LogP) is 1.61. The van der Waals surface area contributed by atoms with Gasteiger partial charge in [-0.2, -0.15) is 0 Å². The summed E-state index contributed by atoms with van der Waals surface area (Å²) in [6.07, 6.45) is 1.87. The van der Waals surface area contributed by atoms with Crippen molar-refractivity contribution in [2.24, 2.45) is 0 Å². The Morgan fingerprint density at radius 3 is 2.75 bits per heavy atom. The summed E-state index contributed by atoms with van der Waals surface area (Å²) in [7, 11) is 2.19. The number of pyridine rings is 1. The molecule has 1 aromatic rings. The molecule has 0 spiro atoms. The average molecular weight is 219 g/mol. The fourth-order valence-corrected chi connectivity index (χ4v) is 2.41. The summed E-state index contributed by atoms with van der Waals surface area (Å²) >= 11 is 0. The third-order valence-corrected chi connectivity index (χ3v) is 3.34. The van der Waals surface area contributed by atoms with Gasteiger partial charge in [-0.05, 0) is 33.0 Å². The van der Waals surface area contributed by atoms with Gasteiger partial charge in [0.1, 0.15) is 0 Å². The van der Waals surface area contributed by atoms with Gasteiger partial charge in [0.2, 0.25) is 0 Å². The Morgan fingerprint density at radius 1 is 1.31 bits per heavy atom. The Labute approximate surface area is 98.1 Å². The largest absolute Gasteiger partial charge is 0.303 e. The molecule has 2 heterocycles. The van der Waals surface area contributed by atoms with Crippen LogP contribution in [0.25, 0.3) is 0 Å². The van der Waals surface area contributed by atoms with E-state index in [9.17, 15) is 0 Å². The lowest BCUT2D eigenvalue weighted by Crippen LogP contribution is -2.57. The molecule has 3 nitrogen and oxygen atoms in total. The van der Waals surface area contributed by atoms with Crippen molar-refractivity contribution in [3.8, 4) is 0 Å². The van der Waals surface area contributed by atoms with Crippen LogP contribution in [0.2, 0.25) is 0 Å². The van der Waals surface area contributed by atoms with Crippen LogP contribution in [0.3, 0.4) is 0 Å². The zero-order chi connectivity index (χ0) is 11.6. The first-order chi connectivity index (χ1) is 7.58. The molecule has 0 aliphatic carbocycles. The highest BCUT2D eigenvalue weighted by Gasteiger charge is 2.32. The van der Waals surface area contributed by atoms with Crippen LogP contribution in [0.1, 0.15) is 19.5 Å². The third kappa shape index (κ3) is 2.60. The Hall–Kier alpha value is -0.930. The number of hydrogen-bond acceptors (Lipinski definition) is 3. The van der Waals surface area contributed by atoms with Gasteiger partial charge in [0.05, 0.1) is 5.69 Å². The molecule has 0 saturated carbocycles. The van der Waals surface area contributed by atoms with Crippen LogP contribution < -0.4 is 0 Å². The lowest BCUT2D eigenvalue weighted by Gasteiger charge is -2.46. The highest BCUT2D eigenvalue weighted by molar-refractivity contribution is 5.05. The first-order valence-corrected chi connectivity index (χ1v) is 5.91. The Bertz CT molecular complexity index is 334. The number of rotatable bonds is 2. The van der Waals surface area contributed by atoms with Gasteiger partial charge in [-0.25, -0.2) is 0 Å². The zero-order valence-electron chi connectivity index (χ0n) is 10.5. The minimum Gasteiger partial charge on any atom is -0.303 e. The molecule has 1 fully saturated rings. The number of piperazine rings is 1. The van der Waals surface area contributed by atoms with Crippen LogP contribution in [0.15, 0.2) is 24.4 Å². The molecule has 1 aromatic heterocycles. The number of hydrogen-bond donors (Lipinski definition) is 0. The minimum absolute atomic E-state index is 0.241. The van der Waals surface area contributed by atoms with Crippen molar-refractivity contribution in [3.63, 3.8) is 0 Å². The summed E-state index contributed by atoms with van der Waals surface area (Å²) in [5.74, 6) is 0. The number of nitrogens with zero attached hydrogens (tertiary/aromatic N) is 3. The third-order valence-electron chi connectivity index (χ3n) is 3.34. The Morgan fingerprint density at radius 2 is 2.12 bits per heavy atom. The molecule has 0 unspecified atom stereocenters. The molecule has 0 N–H and O–H groups in total. The molecule has 1 aliphatic heterocycles. The Balaban J connectivity index is 2.05. The van der Waals surface area contributed by atoms with Gasteiger partial charge in [0.25, 0.3) is 0 Å². The van der Waals surface area contributed by atoms with Crippen molar-refractivity contribution in [3.05, 3.63) is 30.1 Å². The second kappa shape index (κ2) is 4.52. The van der Waals surface area contributed by atoms with E-state index in [2.05, 4.69) is 47.8 Å². The van der Waals surface area contributed by atoms with Gasteiger partial charge in [0, 0.05) is 37.9 Å². The van der Waals surface area contributed by atoms with E-state index in [4.69, 9.17) is 0 Å². The van der Waals surface area contributed by atoms with Gasteiger partial charge in [-0.15, -0.1) is 0 Å². The molecule has 16 heavy (non-hydrogen) atoms. The summed E-state index contributed by atoms with van der Waals surface area (Å²) in [5, 5.41) is 0. The zero-order valence-corrected chi connectivity index (χ0v) is 10.5. The van der Waals surface area contributed by atoms with E-state index in [1.807, 2.05) is 12.3 Å². The van der Waals surface area contributed by atoms with Crippen LogP contribution in [-0.4, -0.2) is 47.0 Å². The lowest BCUT2D eigenvalue weighted by molar-refractivity contribution is 0.0245. The molecule has 3 heteroatoms. The molecular weight excluding hydrogens is 198 g/mol. The SMILES string of the molecule is CN1CCN(Cc2ccccn2)C(C)(C)C1. The van der Waals surface area contributed by atoms with Crippen LogP contribution in [0.4, 0.5) is 0 Å². The van der Waals surface area contributed by atoms with E-state index in [1.165, 1.54) is 5.69 Å². The van der Waals surface area contributed by atoms with E-state index >= 15 is 0 Å². The van der Waals surface area contributed by atoms with E-state index in [1.54, 1.807) is 0 Å². The maximum atomic E-state index is 4.40. The highest BCUT2D eigenvalue weighted by Crippen LogP contribution is 2.21.